The summed E-state index contributed by atoms with van der Waals surface area (Å²) in [5, 5.41) is 4.73. The summed E-state index contributed by atoms with van der Waals surface area (Å²) in [6.45, 7) is 3.02. The molecular formula is C20H20ClN3O2. The van der Waals surface area contributed by atoms with Gasteiger partial charge < -0.3 is 14.6 Å². The minimum atomic E-state index is -0.551. The summed E-state index contributed by atoms with van der Waals surface area (Å²) in [5.41, 5.74) is 2.76. The van der Waals surface area contributed by atoms with Crippen molar-refractivity contribution in [2.75, 3.05) is 31.1 Å². The van der Waals surface area contributed by atoms with Gasteiger partial charge in [-0.15, -0.1) is 0 Å². The van der Waals surface area contributed by atoms with E-state index >= 15 is 0 Å². The molecule has 0 spiro atoms. The van der Waals surface area contributed by atoms with Crippen molar-refractivity contribution < 1.29 is 9.63 Å². The smallest absolute Gasteiger partial charge is 0.267 e. The van der Waals surface area contributed by atoms with Crippen LogP contribution in [-0.4, -0.2) is 48.8 Å². The van der Waals surface area contributed by atoms with E-state index in [1.165, 1.54) is 5.69 Å². The number of benzene rings is 2. The Bertz CT molecular complexity index is 817. The Morgan fingerprint density at radius 1 is 1.00 bits per heavy atom. The lowest BCUT2D eigenvalue weighted by Gasteiger charge is -2.36. The molecule has 2 aromatic carbocycles. The Morgan fingerprint density at radius 2 is 1.69 bits per heavy atom. The molecule has 26 heavy (non-hydrogen) atoms. The summed E-state index contributed by atoms with van der Waals surface area (Å²) in [4.78, 5) is 22.4. The van der Waals surface area contributed by atoms with E-state index < -0.39 is 6.10 Å². The van der Waals surface area contributed by atoms with Crippen molar-refractivity contribution in [1.82, 2.24) is 4.90 Å². The first kappa shape index (κ1) is 16.9. The van der Waals surface area contributed by atoms with Crippen molar-refractivity contribution in [3.63, 3.8) is 0 Å². The van der Waals surface area contributed by atoms with Gasteiger partial charge in [0.15, 0.2) is 0 Å². The van der Waals surface area contributed by atoms with E-state index in [0.29, 0.717) is 24.5 Å². The molecule has 0 saturated carbocycles. The third kappa shape index (κ3) is 3.40. The number of hydrogen-bond acceptors (Lipinski definition) is 4. The van der Waals surface area contributed by atoms with Gasteiger partial charge in [-0.2, -0.15) is 0 Å². The van der Waals surface area contributed by atoms with Gasteiger partial charge in [0.05, 0.1) is 5.71 Å². The van der Waals surface area contributed by atoms with Crippen LogP contribution in [0.15, 0.2) is 59.8 Å². The monoisotopic (exact) mass is 369 g/mol. The molecule has 1 saturated heterocycles. The van der Waals surface area contributed by atoms with E-state index in [-0.39, 0.29) is 5.91 Å². The van der Waals surface area contributed by atoms with E-state index in [0.717, 1.165) is 24.4 Å². The minimum Gasteiger partial charge on any atom is -0.382 e. The molecule has 0 unspecified atom stereocenters. The van der Waals surface area contributed by atoms with Crippen molar-refractivity contribution in [3.05, 3.63) is 65.2 Å². The molecule has 0 radical (unpaired) electrons. The van der Waals surface area contributed by atoms with Gasteiger partial charge in [-0.3, -0.25) is 4.79 Å². The molecule has 2 aliphatic rings. The van der Waals surface area contributed by atoms with Crippen LogP contribution in [0.3, 0.4) is 0 Å². The van der Waals surface area contributed by atoms with Gasteiger partial charge in [0.2, 0.25) is 6.10 Å². The summed E-state index contributed by atoms with van der Waals surface area (Å²) in [7, 11) is 0. The highest BCUT2D eigenvalue weighted by atomic mass is 35.5. The van der Waals surface area contributed by atoms with Crippen molar-refractivity contribution in [2.45, 2.75) is 12.5 Å². The van der Waals surface area contributed by atoms with Crippen molar-refractivity contribution >= 4 is 28.9 Å². The molecule has 1 atom stereocenters. The lowest BCUT2D eigenvalue weighted by molar-refractivity contribution is -0.142. The standard InChI is InChI=1S/C20H20ClN3O2/c21-17-9-5-4-8-16(17)18-14-19(26-22-18)20(25)24-12-10-23(11-13-24)15-6-2-1-3-7-15/h1-9,19H,10-14H2/t19-/m0/s1. The predicted molar refractivity (Wildman–Crippen MR) is 103 cm³/mol. The van der Waals surface area contributed by atoms with Crippen molar-refractivity contribution in [1.29, 1.82) is 0 Å². The Labute approximate surface area is 157 Å². The van der Waals surface area contributed by atoms with Crippen LogP contribution in [0.5, 0.6) is 0 Å². The van der Waals surface area contributed by atoms with Crippen LogP contribution in [0, 0.1) is 0 Å². The first-order chi connectivity index (χ1) is 12.7. The van der Waals surface area contributed by atoms with Gasteiger partial charge in [0, 0.05) is 48.9 Å². The number of amides is 1. The van der Waals surface area contributed by atoms with Crippen LogP contribution < -0.4 is 4.90 Å². The predicted octanol–water partition coefficient (Wildman–Crippen LogP) is 3.18. The fourth-order valence-corrected chi connectivity index (χ4v) is 3.64. The van der Waals surface area contributed by atoms with Crippen LogP contribution >= 0.6 is 11.6 Å². The number of piperazine rings is 1. The zero-order valence-electron chi connectivity index (χ0n) is 14.3. The average molecular weight is 370 g/mol. The maximum atomic E-state index is 12.8. The first-order valence-corrected chi connectivity index (χ1v) is 9.16. The molecular weight excluding hydrogens is 350 g/mol. The number of carbonyl (C=O) groups is 1. The molecule has 134 valence electrons. The quantitative estimate of drug-likeness (QED) is 0.834. The Hall–Kier alpha value is -2.53. The third-order valence-corrected chi connectivity index (χ3v) is 5.17. The molecule has 1 fully saturated rings. The molecule has 6 heteroatoms. The number of rotatable bonds is 3. The van der Waals surface area contributed by atoms with E-state index in [9.17, 15) is 4.79 Å². The van der Waals surface area contributed by atoms with E-state index in [4.69, 9.17) is 16.4 Å². The Balaban J connectivity index is 1.35. The SMILES string of the molecule is O=C([C@@H]1CC(c2ccccc2Cl)=NO1)N1CCN(c2ccccc2)CC1. The average Bonchev–Trinajstić information content (AvgIpc) is 3.18. The summed E-state index contributed by atoms with van der Waals surface area (Å²) in [6, 6.07) is 17.8. The normalized spacial score (nSPS) is 19.9. The molecule has 2 aliphatic heterocycles. The second kappa shape index (κ2) is 7.38. The lowest BCUT2D eigenvalue weighted by atomic mass is 10.0. The number of hydrogen-bond donors (Lipinski definition) is 0. The fourth-order valence-electron chi connectivity index (χ4n) is 3.39. The maximum Gasteiger partial charge on any atom is 0.267 e. The van der Waals surface area contributed by atoms with Crippen LogP contribution in [-0.2, 0) is 9.63 Å². The molecule has 4 rings (SSSR count). The number of para-hydroxylation sites is 1. The first-order valence-electron chi connectivity index (χ1n) is 8.79. The van der Waals surface area contributed by atoms with Gasteiger partial charge in [-0.25, -0.2) is 0 Å². The lowest BCUT2D eigenvalue weighted by Crippen LogP contribution is -2.51. The Morgan fingerprint density at radius 3 is 2.42 bits per heavy atom. The van der Waals surface area contributed by atoms with Gasteiger partial charge in [0.25, 0.3) is 5.91 Å². The molecule has 5 nitrogen and oxygen atoms in total. The van der Waals surface area contributed by atoms with Gasteiger partial charge in [0.1, 0.15) is 0 Å². The Kier molecular flexibility index (Phi) is 4.80. The maximum absolute atomic E-state index is 12.8. The summed E-state index contributed by atoms with van der Waals surface area (Å²) >= 11 is 6.22. The van der Waals surface area contributed by atoms with Gasteiger partial charge in [-0.05, 0) is 18.2 Å². The zero-order valence-corrected chi connectivity index (χ0v) is 15.1. The van der Waals surface area contributed by atoms with Crippen LogP contribution in [0.2, 0.25) is 5.02 Å². The van der Waals surface area contributed by atoms with Crippen LogP contribution in [0.25, 0.3) is 0 Å². The second-order valence-corrected chi connectivity index (χ2v) is 6.87. The minimum absolute atomic E-state index is 0.00325. The fraction of sp³-hybridized carbons (Fsp3) is 0.300. The van der Waals surface area contributed by atoms with E-state index in [1.807, 2.05) is 47.4 Å². The van der Waals surface area contributed by atoms with Crippen LogP contribution in [0.4, 0.5) is 5.69 Å². The largest absolute Gasteiger partial charge is 0.382 e. The summed E-state index contributed by atoms with van der Waals surface area (Å²) in [5.74, 6) is 0.00325. The third-order valence-electron chi connectivity index (χ3n) is 4.84. The zero-order chi connectivity index (χ0) is 17.9. The highest BCUT2D eigenvalue weighted by Crippen LogP contribution is 2.24. The molecule has 1 amide bonds. The number of oxime groups is 1. The topological polar surface area (TPSA) is 45.1 Å². The number of nitrogens with zero attached hydrogens (tertiary/aromatic N) is 3. The van der Waals surface area contributed by atoms with Gasteiger partial charge in [-0.1, -0.05) is 53.2 Å². The molecule has 0 N–H and O–H groups in total. The highest BCUT2D eigenvalue weighted by Gasteiger charge is 2.34. The van der Waals surface area contributed by atoms with Crippen molar-refractivity contribution in [3.8, 4) is 0 Å². The van der Waals surface area contributed by atoms with Gasteiger partial charge >= 0.3 is 0 Å². The molecule has 0 aliphatic carbocycles. The van der Waals surface area contributed by atoms with E-state index in [2.05, 4.69) is 22.2 Å². The summed E-state index contributed by atoms with van der Waals surface area (Å²) < 4.78 is 0. The number of anilines is 1. The molecule has 0 bridgehead atoms. The van der Waals surface area contributed by atoms with E-state index in [1.54, 1.807) is 0 Å². The molecule has 2 aromatic rings. The molecule has 0 aromatic heterocycles. The number of halogens is 1. The molecule has 2 heterocycles. The van der Waals surface area contributed by atoms with Crippen LogP contribution in [0.1, 0.15) is 12.0 Å². The number of carbonyl (C=O) groups excluding carboxylic acids is 1. The highest BCUT2D eigenvalue weighted by molar-refractivity contribution is 6.34. The van der Waals surface area contributed by atoms with Crippen molar-refractivity contribution in [2.24, 2.45) is 5.16 Å². The second-order valence-electron chi connectivity index (χ2n) is 6.46. The summed E-state index contributed by atoms with van der Waals surface area (Å²) in [6.07, 6.45) is -0.0916.